The summed E-state index contributed by atoms with van der Waals surface area (Å²) in [6.45, 7) is 3.02. The Morgan fingerprint density at radius 2 is 2.00 bits per heavy atom. The van der Waals surface area contributed by atoms with Gasteiger partial charge in [-0.2, -0.15) is 0 Å². The van der Waals surface area contributed by atoms with Gasteiger partial charge in [0.05, 0.1) is 5.69 Å². The van der Waals surface area contributed by atoms with E-state index in [1.54, 1.807) is 11.3 Å². The zero-order valence-corrected chi connectivity index (χ0v) is 12.9. The quantitative estimate of drug-likeness (QED) is 0.868. The number of nitrogens with zero attached hydrogens (tertiary/aromatic N) is 2. The van der Waals surface area contributed by atoms with Crippen LogP contribution >= 0.6 is 22.9 Å². The molecule has 0 amide bonds. The average Bonchev–Trinajstić information content (AvgIpc) is 2.81. The van der Waals surface area contributed by atoms with Crippen molar-refractivity contribution in [2.75, 3.05) is 11.9 Å². The fraction of sp³-hybridized carbons (Fsp3) is 0.333. The van der Waals surface area contributed by atoms with Crippen LogP contribution < -0.4 is 5.32 Å². The highest BCUT2D eigenvalue weighted by molar-refractivity contribution is 7.16. The normalized spacial score (nSPS) is 15.0. The monoisotopic (exact) mass is 305 g/mol. The lowest BCUT2D eigenvalue weighted by Gasteiger charge is -2.11. The maximum Gasteiger partial charge on any atom is 0.188 e. The zero-order chi connectivity index (χ0) is 13.9. The van der Waals surface area contributed by atoms with E-state index in [1.807, 2.05) is 24.3 Å². The Hall–Kier alpha value is -1.39. The van der Waals surface area contributed by atoms with E-state index < -0.39 is 0 Å². The molecule has 1 aromatic heterocycles. The molecule has 1 aromatic carbocycles. The molecule has 2 aromatic rings. The second kappa shape index (κ2) is 5.94. The molecule has 3 rings (SSSR count). The lowest BCUT2D eigenvalue weighted by molar-refractivity contribution is 0.737. The number of benzene rings is 1. The first-order chi connectivity index (χ1) is 9.72. The van der Waals surface area contributed by atoms with Gasteiger partial charge in [-0.15, -0.1) is 11.3 Å². The van der Waals surface area contributed by atoms with Gasteiger partial charge in [-0.25, -0.2) is 4.98 Å². The second-order valence-electron chi connectivity index (χ2n) is 4.84. The van der Waals surface area contributed by atoms with E-state index in [4.69, 9.17) is 11.6 Å². The van der Waals surface area contributed by atoms with Crippen molar-refractivity contribution in [1.82, 2.24) is 4.98 Å². The van der Waals surface area contributed by atoms with Crippen molar-refractivity contribution in [1.29, 1.82) is 0 Å². The molecule has 1 aliphatic rings. The first-order valence-corrected chi connectivity index (χ1v) is 7.95. The highest BCUT2D eigenvalue weighted by Crippen LogP contribution is 2.31. The summed E-state index contributed by atoms with van der Waals surface area (Å²) >= 11 is 7.60. The van der Waals surface area contributed by atoms with Crippen molar-refractivity contribution in [3.8, 4) is 11.3 Å². The molecule has 0 atom stereocenters. The van der Waals surface area contributed by atoms with Crippen LogP contribution in [-0.2, 0) is 0 Å². The third-order valence-corrected chi connectivity index (χ3v) is 4.43. The maximum absolute atomic E-state index is 5.93. The van der Waals surface area contributed by atoms with Crippen LogP contribution in [0.3, 0.4) is 0 Å². The fourth-order valence-corrected chi connectivity index (χ4v) is 3.23. The molecule has 0 radical (unpaired) electrons. The first kappa shape index (κ1) is 13.6. The van der Waals surface area contributed by atoms with Crippen molar-refractivity contribution < 1.29 is 0 Å². The summed E-state index contributed by atoms with van der Waals surface area (Å²) < 4.78 is 0. The predicted molar refractivity (Wildman–Crippen MR) is 87.1 cm³/mol. The Kier molecular flexibility index (Phi) is 4.03. The third kappa shape index (κ3) is 3.02. The van der Waals surface area contributed by atoms with Gasteiger partial charge in [0.2, 0.25) is 0 Å². The summed E-state index contributed by atoms with van der Waals surface area (Å²) in [6.07, 6.45) is 3.42. The van der Waals surface area contributed by atoms with Crippen molar-refractivity contribution in [2.24, 2.45) is 4.99 Å². The number of hydrogen-bond acceptors (Lipinski definition) is 4. The van der Waals surface area contributed by atoms with Gasteiger partial charge in [0.1, 0.15) is 5.84 Å². The molecule has 2 heterocycles. The lowest BCUT2D eigenvalue weighted by Crippen LogP contribution is -2.15. The topological polar surface area (TPSA) is 37.3 Å². The fourth-order valence-electron chi connectivity index (χ4n) is 2.25. The van der Waals surface area contributed by atoms with E-state index in [-0.39, 0.29) is 0 Å². The Morgan fingerprint density at radius 3 is 2.70 bits per heavy atom. The van der Waals surface area contributed by atoms with E-state index in [1.165, 1.54) is 17.7 Å². The zero-order valence-electron chi connectivity index (χ0n) is 11.3. The molecule has 104 valence electrons. The highest BCUT2D eigenvalue weighted by atomic mass is 35.5. The van der Waals surface area contributed by atoms with Crippen molar-refractivity contribution in [3.63, 3.8) is 0 Å². The number of halogens is 1. The lowest BCUT2D eigenvalue weighted by atomic mass is 10.1. The number of rotatable bonds is 2. The molecule has 0 saturated heterocycles. The summed E-state index contributed by atoms with van der Waals surface area (Å²) in [5.41, 5.74) is 2.12. The molecular weight excluding hydrogens is 290 g/mol. The van der Waals surface area contributed by atoms with Crippen LogP contribution in [0.25, 0.3) is 11.3 Å². The maximum atomic E-state index is 5.93. The van der Waals surface area contributed by atoms with E-state index in [2.05, 4.69) is 22.2 Å². The minimum absolute atomic E-state index is 0.747. The van der Waals surface area contributed by atoms with Gasteiger partial charge in [-0.3, -0.25) is 4.99 Å². The van der Waals surface area contributed by atoms with Crippen LogP contribution in [0.5, 0.6) is 0 Å². The van der Waals surface area contributed by atoms with Crippen LogP contribution in [0, 0.1) is 6.92 Å². The number of hydrogen-bond donors (Lipinski definition) is 1. The number of amidine groups is 1. The molecule has 0 fully saturated rings. The molecule has 0 bridgehead atoms. The number of nitrogens with one attached hydrogen (secondary N) is 1. The van der Waals surface area contributed by atoms with Gasteiger partial charge in [-0.1, -0.05) is 23.7 Å². The third-order valence-electron chi connectivity index (χ3n) is 3.29. The molecule has 0 spiro atoms. The summed E-state index contributed by atoms with van der Waals surface area (Å²) in [6, 6.07) is 7.81. The molecular formula is C15H16ClN3S. The molecule has 5 heteroatoms. The largest absolute Gasteiger partial charge is 0.320 e. The summed E-state index contributed by atoms with van der Waals surface area (Å²) in [5.74, 6) is 1.06. The van der Waals surface area contributed by atoms with Crippen molar-refractivity contribution in [2.45, 2.75) is 26.2 Å². The summed E-state index contributed by atoms with van der Waals surface area (Å²) in [5, 5.41) is 5.03. The van der Waals surface area contributed by atoms with E-state index in [0.717, 1.165) is 40.2 Å². The number of anilines is 1. The van der Waals surface area contributed by atoms with Gasteiger partial charge in [0, 0.05) is 28.4 Å². The molecule has 0 saturated carbocycles. The van der Waals surface area contributed by atoms with E-state index in [9.17, 15) is 0 Å². The molecule has 20 heavy (non-hydrogen) atoms. The van der Waals surface area contributed by atoms with Gasteiger partial charge in [0.25, 0.3) is 0 Å². The molecule has 1 aliphatic heterocycles. The molecule has 1 N–H and O–H groups in total. The predicted octanol–water partition coefficient (Wildman–Crippen LogP) is 4.77. The molecule has 3 nitrogen and oxygen atoms in total. The number of aryl methyl sites for hydroxylation is 1. The minimum atomic E-state index is 0.747. The van der Waals surface area contributed by atoms with Crippen molar-refractivity contribution in [3.05, 3.63) is 34.2 Å². The Balaban J connectivity index is 1.83. The van der Waals surface area contributed by atoms with E-state index >= 15 is 0 Å². The van der Waals surface area contributed by atoms with Gasteiger partial charge >= 0.3 is 0 Å². The van der Waals surface area contributed by atoms with Crippen LogP contribution in [0.1, 0.15) is 24.1 Å². The number of aliphatic imine (C=N–C) groups is 1. The Morgan fingerprint density at radius 1 is 1.20 bits per heavy atom. The van der Waals surface area contributed by atoms with Gasteiger partial charge < -0.3 is 5.32 Å². The minimum Gasteiger partial charge on any atom is -0.320 e. The molecule has 0 aliphatic carbocycles. The standard InChI is InChI=1S/C15H16ClN3S/c1-10-14(11-5-7-12(16)8-6-11)19-15(20-10)18-13-4-2-3-9-17-13/h5-8H,2-4,9H2,1H3,(H,17,18,19). The van der Waals surface area contributed by atoms with Crippen LogP contribution in [0.2, 0.25) is 5.02 Å². The summed E-state index contributed by atoms with van der Waals surface area (Å²) in [7, 11) is 0. The van der Waals surface area contributed by atoms with Crippen LogP contribution in [0.4, 0.5) is 5.13 Å². The summed E-state index contributed by atoms with van der Waals surface area (Å²) in [4.78, 5) is 10.4. The average molecular weight is 306 g/mol. The van der Waals surface area contributed by atoms with Gasteiger partial charge in [0.15, 0.2) is 5.13 Å². The number of thiazole rings is 1. The molecule has 0 unspecified atom stereocenters. The SMILES string of the molecule is Cc1sc(NC2=NCCCC2)nc1-c1ccc(Cl)cc1. The van der Waals surface area contributed by atoms with Gasteiger partial charge in [-0.05, 0) is 31.9 Å². The highest BCUT2D eigenvalue weighted by Gasteiger charge is 2.12. The van der Waals surface area contributed by atoms with E-state index in [0.29, 0.717) is 0 Å². The first-order valence-electron chi connectivity index (χ1n) is 6.76. The number of aromatic nitrogens is 1. The van der Waals surface area contributed by atoms with Crippen molar-refractivity contribution >= 4 is 33.9 Å². The van der Waals surface area contributed by atoms with Crippen LogP contribution in [0.15, 0.2) is 29.3 Å². The Bertz CT molecular complexity index is 631. The Labute approximate surface area is 127 Å². The van der Waals surface area contributed by atoms with Crippen LogP contribution in [-0.4, -0.2) is 17.4 Å². The smallest absolute Gasteiger partial charge is 0.188 e. The second-order valence-corrected chi connectivity index (χ2v) is 6.48.